The van der Waals surface area contributed by atoms with Gasteiger partial charge in [0, 0.05) is 27.7 Å². The van der Waals surface area contributed by atoms with Gasteiger partial charge in [-0.25, -0.2) is 4.98 Å². The van der Waals surface area contributed by atoms with Crippen LogP contribution in [0, 0.1) is 0 Å². The largest absolute Gasteiger partial charge is 0.456 e. The number of hydrogen-bond donors (Lipinski definition) is 0. The maximum Gasteiger partial charge on any atom is 0.227 e. The van der Waals surface area contributed by atoms with Gasteiger partial charge in [0.15, 0.2) is 5.58 Å². The molecule has 0 unspecified atom stereocenters. The third kappa shape index (κ3) is 3.74. The predicted octanol–water partition coefficient (Wildman–Crippen LogP) is 11.2. The minimum atomic E-state index is 0.632. The number of furan rings is 1. The molecule has 0 aliphatic heterocycles. The van der Waals surface area contributed by atoms with Crippen molar-refractivity contribution in [2.75, 3.05) is 4.90 Å². The maximum atomic E-state index is 6.44. The van der Waals surface area contributed by atoms with Crippen LogP contribution in [0.25, 0.3) is 66.0 Å². The summed E-state index contributed by atoms with van der Waals surface area (Å²) in [4.78, 5) is 7.15. The van der Waals surface area contributed by atoms with Crippen molar-refractivity contribution in [2.45, 2.75) is 0 Å². The lowest BCUT2D eigenvalue weighted by molar-refractivity contribution is 0.623. The highest BCUT2D eigenvalue weighted by atomic mass is 16.3. The van der Waals surface area contributed by atoms with Gasteiger partial charge in [0.05, 0.1) is 11.1 Å². The van der Waals surface area contributed by atoms with Crippen LogP contribution in [-0.2, 0) is 0 Å². The van der Waals surface area contributed by atoms with Crippen molar-refractivity contribution < 1.29 is 8.83 Å². The molecule has 43 heavy (non-hydrogen) atoms. The number of nitrogens with zero attached hydrogens (tertiary/aromatic N) is 2. The molecule has 4 nitrogen and oxygen atoms in total. The van der Waals surface area contributed by atoms with E-state index >= 15 is 0 Å². The number of aromatic nitrogens is 1. The summed E-state index contributed by atoms with van der Waals surface area (Å²) in [5, 5.41) is 6.64. The Balaban J connectivity index is 1.28. The van der Waals surface area contributed by atoms with E-state index in [1.54, 1.807) is 0 Å². The third-order valence-corrected chi connectivity index (χ3v) is 8.25. The fraction of sp³-hybridized carbons (Fsp3) is 0. The van der Waals surface area contributed by atoms with Gasteiger partial charge in [0.2, 0.25) is 5.89 Å². The normalized spacial score (nSPS) is 11.7. The number of anilines is 3. The number of hydrogen-bond acceptors (Lipinski definition) is 4. The van der Waals surface area contributed by atoms with E-state index in [2.05, 4.69) is 89.8 Å². The van der Waals surface area contributed by atoms with E-state index in [0.717, 1.165) is 77.2 Å². The Morgan fingerprint density at radius 2 is 1.23 bits per heavy atom. The molecule has 9 aromatic rings. The molecule has 0 saturated heterocycles. The topological polar surface area (TPSA) is 42.4 Å². The molecule has 0 fully saturated rings. The second-order valence-electron chi connectivity index (χ2n) is 10.8. The Morgan fingerprint density at radius 1 is 0.488 bits per heavy atom. The second kappa shape index (κ2) is 9.33. The van der Waals surface area contributed by atoms with E-state index in [0.29, 0.717) is 5.89 Å². The molecule has 4 heteroatoms. The highest BCUT2D eigenvalue weighted by Gasteiger charge is 2.20. The fourth-order valence-electron chi connectivity index (χ4n) is 6.31. The standard InChI is InChI=1S/C39H24N2O2/c1-3-10-26(11-4-1)39-40-32-23-20-25-18-19-27-24-29(21-22-30(27)36(25)38(32)43-39)41(28-12-5-2-6-13-28)33-15-9-17-35-37(33)31-14-7-8-16-34(31)42-35/h1-24H. The molecular weight excluding hydrogens is 528 g/mol. The van der Waals surface area contributed by atoms with Crippen LogP contribution in [-0.4, -0.2) is 4.98 Å². The number of para-hydroxylation sites is 2. The predicted molar refractivity (Wildman–Crippen MR) is 176 cm³/mol. The molecule has 0 N–H and O–H groups in total. The van der Waals surface area contributed by atoms with E-state index in [1.165, 1.54) is 0 Å². The lowest BCUT2D eigenvalue weighted by Crippen LogP contribution is -2.10. The van der Waals surface area contributed by atoms with Crippen LogP contribution in [0.15, 0.2) is 154 Å². The average Bonchev–Trinajstić information content (AvgIpc) is 3.68. The Labute approximate surface area is 247 Å². The molecule has 0 atom stereocenters. The van der Waals surface area contributed by atoms with Crippen molar-refractivity contribution in [3.63, 3.8) is 0 Å². The van der Waals surface area contributed by atoms with Gasteiger partial charge in [0.25, 0.3) is 0 Å². The van der Waals surface area contributed by atoms with Crippen molar-refractivity contribution >= 4 is 71.6 Å². The summed E-state index contributed by atoms with van der Waals surface area (Å²) in [6.45, 7) is 0. The Hall–Kier alpha value is -5.87. The van der Waals surface area contributed by atoms with Crippen LogP contribution in [0.1, 0.15) is 0 Å². The molecule has 0 bridgehead atoms. The van der Waals surface area contributed by atoms with Gasteiger partial charge in [-0.1, -0.05) is 84.9 Å². The number of benzene rings is 7. The summed E-state index contributed by atoms with van der Waals surface area (Å²) in [7, 11) is 0. The summed E-state index contributed by atoms with van der Waals surface area (Å²) >= 11 is 0. The Kier molecular flexibility index (Phi) is 5.16. The summed E-state index contributed by atoms with van der Waals surface area (Å²) < 4.78 is 12.7. The first kappa shape index (κ1) is 23.8. The monoisotopic (exact) mass is 552 g/mol. The molecule has 0 amide bonds. The Bertz CT molecular complexity index is 2460. The smallest absolute Gasteiger partial charge is 0.227 e. The van der Waals surface area contributed by atoms with Gasteiger partial charge in [-0.3, -0.25) is 0 Å². The van der Waals surface area contributed by atoms with Crippen LogP contribution < -0.4 is 4.90 Å². The van der Waals surface area contributed by atoms with Crippen LogP contribution in [0.4, 0.5) is 17.1 Å². The van der Waals surface area contributed by atoms with Gasteiger partial charge < -0.3 is 13.7 Å². The van der Waals surface area contributed by atoms with Crippen molar-refractivity contribution in [1.82, 2.24) is 4.98 Å². The second-order valence-corrected chi connectivity index (χ2v) is 10.8. The minimum Gasteiger partial charge on any atom is -0.456 e. The lowest BCUT2D eigenvalue weighted by Gasteiger charge is -2.26. The van der Waals surface area contributed by atoms with Crippen molar-refractivity contribution in [3.8, 4) is 11.5 Å². The van der Waals surface area contributed by atoms with Gasteiger partial charge in [0.1, 0.15) is 16.7 Å². The lowest BCUT2D eigenvalue weighted by atomic mass is 10.00. The highest BCUT2D eigenvalue weighted by molar-refractivity contribution is 6.19. The third-order valence-electron chi connectivity index (χ3n) is 8.25. The Morgan fingerprint density at radius 3 is 2.12 bits per heavy atom. The number of fused-ring (bicyclic) bond motifs is 8. The van der Waals surface area contributed by atoms with E-state index < -0.39 is 0 Å². The summed E-state index contributed by atoms with van der Waals surface area (Å²) in [6, 6.07) is 50.3. The summed E-state index contributed by atoms with van der Waals surface area (Å²) in [6.07, 6.45) is 0. The van der Waals surface area contributed by atoms with E-state index in [4.69, 9.17) is 13.8 Å². The number of rotatable bonds is 4. The van der Waals surface area contributed by atoms with Crippen molar-refractivity contribution in [2.24, 2.45) is 0 Å². The van der Waals surface area contributed by atoms with Crippen molar-refractivity contribution in [1.29, 1.82) is 0 Å². The highest BCUT2D eigenvalue weighted by Crippen LogP contribution is 2.44. The van der Waals surface area contributed by atoms with Gasteiger partial charge >= 0.3 is 0 Å². The molecule has 0 aliphatic rings. The first-order valence-electron chi connectivity index (χ1n) is 14.4. The van der Waals surface area contributed by atoms with Crippen LogP contribution >= 0.6 is 0 Å². The molecule has 9 rings (SSSR count). The zero-order valence-corrected chi connectivity index (χ0v) is 23.1. The molecule has 0 saturated carbocycles. The molecule has 7 aromatic carbocycles. The number of oxazole rings is 1. The van der Waals surface area contributed by atoms with Crippen molar-refractivity contribution in [3.05, 3.63) is 146 Å². The van der Waals surface area contributed by atoms with E-state index in [9.17, 15) is 0 Å². The van der Waals surface area contributed by atoms with Crippen LogP contribution in [0.2, 0.25) is 0 Å². The first-order valence-corrected chi connectivity index (χ1v) is 14.4. The molecule has 202 valence electrons. The first-order chi connectivity index (χ1) is 21.3. The van der Waals surface area contributed by atoms with Gasteiger partial charge in [-0.05, 0) is 76.8 Å². The van der Waals surface area contributed by atoms with Gasteiger partial charge in [-0.2, -0.15) is 0 Å². The van der Waals surface area contributed by atoms with Gasteiger partial charge in [-0.15, -0.1) is 0 Å². The SMILES string of the molecule is c1ccc(-c2nc3ccc4ccc5cc(N(c6ccccc6)c6cccc7oc8ccccc8c67)ccc5c4c3o2)cc1. The average molecular weight is 553 g/mol. The molecule has 2 heterocycles. The maximum absolute atomic E-state index is 6.44. The molecular formula is C39H24N2O2. The van der Waals surface area contributed by atoms with E-state index in [1.807, 2.05) is 60.7 Å². The van der Waals surface area contributed by atoms with Crippen LogP contribution in [0.5, 0.6) is 0 Å². The zero-order valence-electron chi connectivity index (χ0n) is 23.1. The molecule has 0 aliphatic carbocycles. The fourth-order valence-corrected chi connectivity index (χ4v) is 6.31. The summed E-state index contributed by atoms with van der Waals surface area (Å²) in [5.41, 5.74) is 7.59. The molecule has 0 radical (unpaired) electrons. The molecule has 2 aromatic heterocycles. The summed E-state index contributed by atoms with van der Waals surface area (Å²) in [5.74, 6) is 0.632. The van der Waals surface area contributed by atoms with Crippen LogP contribution in [0.3, 0.4) is 0 Å². The quantitative estimate of drug-likeness (QED) is 0.204. The van der Waals surface area contributed by atoms with E-state index in [-0.39, 0.29) is 0 Å². The minimum absolute atomic E-state index is 0.632. The zero-order chi connectivity index (χ0) is 28.3. The molecule has 0 spiro atoms.